The molecule has 2 rings (SSSR count). The lowest BCUT2D eigenvalue weighted by molar-refractivity contribution is -0.137. The molecule has 1 aliphatic heterocycles. The van der Waals surface area contributed by atoms with Crippen LogP contribution in [0, 0.1) is 5.92 Å². The lowest BCUT2D eigenvalue weighted by Gasteiger charge is -2.14. The molecule has 7 heteroatoms. The van der Waals surface area contributed by atoms with Crippen LogP contribution in [0.15, 0.2) is 23.1 Å². The van der Waals surface area contributed by atoms with Crippen LogP contribution in [-0.4, -0.2) is 15.0 Å². The van der Waals surface area contributed by atoms with Gasteiger partial charge >= 0.3 is 6.18 Å². The van der Waals surface area contributed by atoms with Gasteiger partial charge in [-0.3, -0.25) is 0 Å². The van der Waals surface area contributed by atoms with Crippen molar-refractivity contribution >= 4 is 10.0 Å². The fourth-order valence-electron chi connectivity index (χ4n) is 2.56. The Kier molecular flexibility index (Phi) is 4.63. The Hall–Kier alpha value is -1.08. The third-order valence-electron chi connectivity index (χ3n) is 3.71. The van der Waals surface area contributed by atoms with Gasteiger partial charge in [0, 0.05) is 6.54 Å². The Morgan fingerprint density at radius 3 is 2.67 bits per heavy atom. The number of hydrogen-bond donors (Lipinski definition) is 1. The highest BCUT2D eigenvalue weighted by atomic mass is 32.2. The second-order valence-electron chi connectivity index (χ2n) is 5.38. The Morgan fingerprint density at radius 1 is 1.33 bits per heavy atom. The van der Waals surface area contributed by atoms with Crippen molar-refractivity contribution in [3.8, 4) is 0 Å². The third kappa shape index (κ3) is 3.77. The van der Waals surface area contributed by atoms with E-state index >= 15 is 0 Å². The van der Waals surface area contributed by atoms with Gasteiger partial charge in [-0.25, -0.2) is 13.1 Å². The first-order valence-corrected chi connectivity index (χ1v) is 8.42. The minimum Gasteiger partial charge on any atom is -0.211 e. The topological polar surface area (TPSA) is 46.2 Å². The predicted octanol–water partition coefficient (Wildman–Crippen LogP) is 3.35. The number of sulfonamides is 1. The molecule has 0 amide bonds. The van der Waals surface area contributed by atoms with Gasteiger partial charge in [0.05, 0.1) is 10.5 Å². The zero-order valence-electron chi connectivity index (χ0n) is 11.7. The molecule has 1 N–H and O–H groups in total. The van der Waals surface area contributed by atoms with Gasteiger partial charge in [-0.05, 0) is 42.5 Å². The number of rotatable bonds is 3. The molecule has 118 valence electrons. The van der Waals surface area contributed by atoms with Gasteiger partial charge in [-0.15, -0.1) is 0 Å². The third-order valence-corrected chi connectivity index (χ3v) is 5.24. The summed E-state index contributed by atoms with van der Waals surface area (Å²) < 4.78 is 65.0. The number of halogens is 3. The highest BCUT2D eigenvalue weighted by molar-refractivity contribution is 7.89. The van der Waals surface area contributed by atoms with Crippen molar-refractivity contribution in [2.24, 2.45) is 5.92 Å². The minimum absolute atomic E-state index is 0.0319. The number of hydrogen-bond acceptors (Lipinski definition) is 2. The van der Waals surface area contributed by atoms with Crippen molar-refractivity contribution in [1.29, 1.82) is 0 Å². The normalized spacial score (nSPS) is 21.6. The molecule has 0 spiro atoms. The first-order chi connectivity index (χ1) is 9.74. The molecule has 1 aromatic rings. The number of benzene rings is 1. The van der Waals surface area contributed by atoms with E-state index in [-0.39, 0.29) is 22.9 Å². The number of nitrogens with one attached hydrogen (secondary N) is 1. The summed E-state index contributed by atoms with van der Waals surface area (Å²) >= 11 is 0. The Bertz CT molecular complexity index is 611. The highest BCUT2D eigenvalue weighted by Gasteiger charge is 2.33. The van der Waals surface area contributed by atoms with Gasteiger partial charge in [0.25, 0.3) is 0 Å². The van der Waals surface area contributed by atoms with E-state index in [4.69, 9.17) is 0 Å². The molecule has 0 aliphatic carbocycles. The first-order valence-electron chi connectivity index (χ1n) is 6.94. The Labute approximate surface area is 122 Å². The molecule has 0 aromatic heterocycles. The molecule has 1 atom stereocenters. The molecule has 0 bridgehead atoms. The quantitative estimate of drug-likeness (QED) is 0.928. The lowest BCUT2D eigenvalue weighted by atomic mass is 9.93. The average molecular weight is 321 g/mol. The van der Waals surface area contributed by atoms with E-state index in [1.165, 1.54) is 0 Å². The van der Waals surface area contributed by atoms with Crippen molar-refractivity contribution in [2.75, 3.05) is 6.54 Å². The van der Waals surface area contributed by atoms with Crippen LogP contribution < -0.4 is 4.72 Å². The van der Waals surface area contributed by atoms with E-state index in [0.29, 0.717) is 6.42 Å². The molecule has 0 fully saturated rings. The van der Waals surface area contributed by atoms with Gasteiger partial charge in [-0.1, -0.05) is 19.8 Å². The highest BCUT2D eigenvalue weighted by Crippen LogP contribution is 2.33. The van der Waals surface area contributed by atoms with E-state index < -0.39 is 21.8 Å². The zero-order chi connectivity index (χ0) is 15.7. The van der Waals surface area contributed by atoms with Gasteiger partial charge < -0.3 is 0 Å². The maximum absolute atomic E-state index is 12.8. The largest absolute Gasteiger partial charge is 0.416 e. The standard InChI is InChI=1S/C14H18F3NO2S/c1-2-3-4-10-7-11-8-12(14(15,16)17)5-6-13(11)21(19,20)18-9-10/h5-6,8,10,18H,2-4,7,9H2,1H3. The Balaban J connectivity index is 2.41. The van der Waals surface area contributed by atoms with Gasteiger partial charge in [-0.2, -0.15) is 13.2 Å². The molecule has 1 heterocycles. The van der Waals surface area contributed by atoms with Crippen LogP contribution in [0.5, 0.6) is 0 Å². The summed E-state index contributed by atoms with van der Waals surface area (Å²) in [6.45, 7) is 2.30. The van der Waals surface area contributed by atoms with E-state index in [9.17, 15) is 21.6 Å². The van der Waals surface area contributed by atoms with E-state index in [1.807, 2.05) is 6.92 Å². The number of fused-ring (bicyclic) bond motifs is 1. The summed E-state index contributed by atoms with van der Waals surface area (Å²) in [4.78, 5) is -0.0329. The number of alkyl halides is 3. The molecule has 21 heavy (non-hydrogen) atoms. The molecule has 1 aromatic carbocycles. The fraction of sp³-hybridized carbons (Fsp3) is 0.571. The van der Waals surface area contributed by atoms with Crippen LogP contribution in [0.25, 0.3) is 0 Å². The summed E-state index contributed by atoms with van der Waals surface area (Å²) in [5, 5.41) is 0. The monoisotopic (exact) mass is 321 g/mol. The van der Waals surface area contributed by atoms with Crippen LogP contribution in [0.2, 0.25) is 0 Å². The molecule has 1 aliphatic rings. The molecular weight excluding hydrogens is 303 g/mol. The minimum atomic E-state index is -4.46. The zero-order valence-corrected chi connectivity index (χ0v) is 12.5. The van der Waals surface area contributed by atoms with Crippen molar-refractivity contribution in [3.63, 3.8) is 0 Å². The van der Waals surface area contributed by atoms with E-state index in [0.717, 1.165) is 37.5 Å². The number of unbranched alkanes of at least 4 members (excludes halogenated alkanes) is 1. The molecule has 0 saturated carbocycles. The van der Waals surface area contributed by atoms with E-state index in [2.05, 4.69) is 4.72 Å². The van der Waals surface area contributed by atoms with Crippen LogP contribution in [0.3, 0.4) is 0 Å². The SMILES string of the molecule is CCCCC1CNS(=O)(=O)c2ccc(C(F)(F)F)cc2C1. The summed E-state index contributed by atoms with van der Waals surface area (Å²) in [6, 6.07) is 2.85. The van der Waals surface area contributed by atoms with Gasteiger partial charge in [0.1, 0.15) is 0 Å². The summed E-state index contributed by atoms with van der Waals surface area (Å²) in [5.74, 6) is 0.0319. The van der Waals surface area contributed by atoms with Crippen LogP contribution in [0.4, 0.5) is 13.2 Å². The maximum atomic E-state index is 12.8. The van der Waals surface area contributed by atoms with Gasteiger partial charge in [0.15, 0.2) is 0 Å². The molecule has 0 saturated heterocycles. The molecule has 3 nitrogen and oxygen atoms in total. The predicted molar refractivity (Wildman–Crippen MR) is 73.4 cm³/mol. The van der Waals surface area contributed by atoms with Gasteiger partial charge in [0.2, 0.25) is 10.0 Å². The summed E-state index contributed by atoms with van der Waals surface area (Å²) in [5.41, 5.74) is -0.538. The smallest absolute Gasteiger partial charge is 0.211 e. The Morgan fingerprint density at radius 2 is 2.05 bits per heavy atom. The van der Waals surface area contributed by atoms with Crippen LogP contribution in [0.1, 0.15) is 37.3 Å². The molecule has 1 unspecified atom stereocenters. The average Bonchev–Trinajstić information content (AvgIpc) is 2.52. The van der Waals surface area contributed by atoms with Crippen LogP contribution >= 0.6 is 0 Å². The lowest BCUT2D eigenvalue weighted by Crippen LogP contribution is -2.27. The van der Waals surface area contributed by atoms with Crippen molar-refractivity contribution in [1.82, 2.24) is 4.72 Å². The molecular formula is C14H18F3NO2S. The van der Waals surface area contributed by atoms with Crippen LogP contribution in [-0.2, 0) is 22.6 Å². The second kappa shape index (κ2) is 5.96. The first kappa shape index (κ1) is 16.3. The summed E-state index contributed by atoms with van der Waals surface area (Å²) in [6.07, 6.45) is -1.41. The summed E-state index contributed by atoms with van der Waals surface area (Å²) in [7, 11) is -3.72. The fourth-order valence-corrected chi connectivity index (χ4v) is 3.91. The molecule has 0 radical (unpaired) electrons. The second-order valence-corrected chi connectivity index (χ2v) is 7.12. The maximum Gasteiger partial charge on any atom is 0.416 e. The van der Waals surface area contributed by atoms with Crippen molar-refractivity contribution in [2.45, 2.75) is 43.7 Å². The van der Waals surface area contributed by atoms with E-state index in [1.54, 1.807) is 0 Å². The van der Waals surface area contributed by atoms with Crippen molar-refractivity contribution in [3.05, 3.63) is 29.3 Å². The van der Waals surface area contributed by atoms with Crippen molar-refractivity contribution < 1.29 is 21.6 Å².